The Bertz CT molecular complexity index is 419. The lowest BCUT2D eigenvalue weighted by Crippen LogP contribution is -2.11. The minimum atomic E-state index is 0.131. The predicted octanol–water partition coefficient (Wildman–Crippen LogP) is 3.30. The van der Waals surface area contributed by atoms with Crippen LogP contribution < -0.4 is 5.73 Å². The number of hydrogen-bond acceptors (Lipinski definition) is 2. The van der Waals surface area contributed by atoms with Gasteiger partial charge in [0.25, 0.3) is 0 Å². The van der Waals surface area contributed by atoms with E-state index in [4.69, 9.17) is 5.73 Å². The van der Waals surface area contributed by atoms with Gasteiger partial charge in [0.1, 0.15) is 0 Å². The maximum Gasteiger partial charge on any atom is 0.0430 e. The molecule has 15 heavy (non-hydrogen) atoms. The molecule has 1 nitrogen and oxygen atoms in total. The molecule has 0 saturated carbocycles. The molecule has 1 heterocycles. The van der Waals surface area contributed by atoms with Gasteiger partial charge in [-0.25, -0.2) is 0 Å². The van der Waals surface area contributed by atoms with Crippen LogP contribution in [0, 0.1) is 6.92 Å². The zero-order valence-electron chi connectivity index (χ0n) is 8.81. The van der Waals surface area contributed by atoms with E-state index in [2.05, 4.69) is 43.3 Å². The van der Waals surface area contributed by atoms with Crippen molar-refractivity contribution in [3.63, 3.8) is 0 Å². The Morgan fingerprint density at radius 1 is 1.13 bits per heavy atom. The van der Waals surface area contributed by atoms with Gasteiger partial charge >= 0.3 is 0 Å². The summed E-state index contributed by atoms with van der Waals surface area (Å²) in [5, 5.41) is 0. The summed E-state index contributed by atoms with van der Waals surface area (Å²) in [6.07, 6.45) is 0.917. The third-order valence-corrected chi connectivity index (χ3v) is 3.56. The molecule has 0 spiro atoms. The van der Waals surface area contributed by atoms with Gasteiger partial charge in [-0.05, 0) is 31.0 Å². The molecule has 1 aromatic carbocycles. The molecule has 0 amide bonds. The molecule has 0 bridgehead atoms. The highest BCUT2D eigenvalue weighted by Crippen LogP contribution is 2.23. The van der Waals surface area contributed by atoms with Gasteiger partial charge in [-0.3, -0.25) is 0 Å². The Kier molecular flexibility index (Phi) is 3.19. The van der Waals surface area contributed by atoms with E-state index in [0.717, 1.165) is 6.42 Å². The average Bonchev–Trinajstić information content (AvgIpc) is 2.66. The topological polar surface area (TPSA) is 26.0 Å². The van der Waals surface area contributed by atoms with Crippen LogP contribution in [-0.4, -0.2) is 0 Å². The maximum absolute atomic E-state index is 6.15. The first kappa shape index (κ1) is 10.4. The van der Waals surface area contributed by atoms with Crippen molar-refractivity contribution < 1.29 is 0 Å². The molecule has 2 rings (SSSR count). The first-order valence-electron chi connectivity index (χ1n) is 5.11. The van der Waals surface area contributed by atoms with Gasteiger partial charge in [-0.2, -0.15) is 0 Å². The van der Waals surface area contributed by atoms with Crippen LogP contribution in [0.4, 0.5) is 0 Å². The minimum Gasteiger partial charge on any atom is -0.323 e. The summed E-state index contributed by atoms with van der Waals surface area (Å²) < 4.78 is 0. The van der Waals surface area contributed by atoms with Crippen molar-refractivity contribution in [2.24, 2.45) is 5.73 Å². The fourth-order valence-electron chi connectivity index (χ4n) is 1.62. The fraction of sp³-hybridized carbons (Fsp3) is 0.231. The van der Waals surface area contributed by atoms with Crippen LogP contribution in [0.5, 0.6) is 0 Å². The molecule has 2 heteroatoms. The highest BCUT2D eigenvalue weighted by Gasteiger charge is 2.08. The quantitative estimate of drug-likeness (QED) is 0.838. The minimum absolute atomic E-state index is 0.131. The Morgan fingerprint density at radius 2 is 1.87 bits per heavy atom. The van der Waals surface area contributed by atoms with Gasteiger partial charge in [-0.15, -0.1) is 11.3 Å². The third kappa shape index (κ3) is 2.67. The SMILES string of the molecule is Cc1ccc(C(N)Cc2ccccc2)s1. The second kappa shape index (κ2) is 4.60. The second-order valence-corrected chi connectivity index (χ2v) is 5.06. The standard InChI is InChI=1S/C13H15NS/c1-10-7-8-13(15-10)12(14)9-11-5-3-2-4-6-11/h2-8,12H,9,14H2,1H3. The Labute approximate surface area is 94.6 Å². The van der Waals surface area contributed by atoms with Crippen LogP contribution in [0.1, 0.15) is 21.4 Å². The largest absolute Gasteiger partial charge is 0.323 e. The highest BCUT2D eigenvalue weighted by molar-refractivity contribution is 7.12. The summed E-state index contributed by atoms with van der Waals surface area (Å²) in [7, 11) is 0. The van der Waals surface area contributed by atoms with Crippen molar-refractivity contribution in [1.82, 2.24) is 0 Å². The number of thiophene rings is 1. The molecule has 0 aliphatic carbocycles. The van der Waals surface area contributed by atoms with Gasteiger partial charge in [0, 0.05) is 15.8 Å². The van der Waals surface area contributed by atoms with Crippen LogP contribution in [0.2, 0.25) is 0 Å². The average molecular weight is 217 g/mol. The van der Waals surface area contributed by atoms with Crippen LogP contribution in [0.3, 0.4) is 0 Å². The molecule has 2 N–H and O–H groups in total. The van der Waals surface area contributed by atoms with Gasteiger partial charge in [0.2, 0.25) is 0 Å². The van der Waals surface area contributed by atoms with Gasteiger partial charge in [-0.1, -0.05) is 30.3 Å². The molecule has 0 saturated heterocycles. The summed E-state index contributed by atoms with van der Waals surface area (Å²) in [5.41, 5.74) is 7.45. The van der Waals surface area contributed by atoms with Gasteiger partial charge in [0.15, 0.2) is 0 Å². The lowest BCUT2D eigenvalue weighted by molar-refractivity contribution is 0.736. The van der Waals surface area contributed by atoms with Crippen molar-refractivity contribution in [1.29, 1.82) is 0 Å². The summed E-state index contributed by atoms with van der Waals surface area (Å²) in [6.45, 7) is 2.11. The van der Waals surface area contributed by atoms with Crippen LogP contribution in [0.25, 0.3) is 0 Å². The molecule has 0 aliphatic rings. The number of aryl methyl sites for hydroxylation is 1. The smallest absolute Gasteiger partial charge is 0.0430 e. The first-order chi connectivity index (χ1) is 7.25. The summed E-state index contributed by atoms with van der Waals surface area (Å²) in [4.78, 5) is 2.60. The van der Waals surface area contributed by atoms with E-state index < -0.39 is 0 Å². The highest BCUT2D eigenvalue weighted by atomic mass is 32.1. The van der Waals surface area contributed by atoms with Crippen LogP contribution >= 0.6 is 11.3 Å². The monoisotopic (exact) mass is 217 g/mol. The zero-order valence-corrected chi connectivity index (χ0v) is 9.63. The molecule has 1 aromatic heterocycles. The normalized spacial score (nSPS) is 12.7. The van der Waals surface area contributed by atoms with Gasteiger partial charge < -0.3 is 5.73 Å². The van der Waals surface area contributed by atoms with E-state index in [9.17, 15) is 0 Å². The van der Waals surface area contributed by atoms with E-state index >= 15 is 0 Å². The van der Waals surface area contributed by atoms with Crippen molar-refractivity contribution in [2.75, 3.05) is 0 Å². The Balaban J connectivity index is 2.07. The number of hydrogen-bond donors (Lipinski definition) is 1. The molecule has 1 unspecified atom stereocenters. The molecule has 0 radical (unpaired) electrons. The molecule has 0 aliphatic heterocycles. The third-order valence-electron chi connectivity index (χ3n) is 2.43. The van der Waals surface area contributed by atoms with E-state index in [1.807, 2.05) is 6.07 Å². The molecule has 78 valence electrons. The maximum atomic E-state index is 6.15. The van der Waals surface area contributed by atoms with Crippen LogP contribution in [-0.2, 0) is 6.42 Å². The Morgan fingerprint density at radius 3 is 2.47 bits per heavy atom. The summed E-state index contributed by atoms with van der Waals surface area (Å²) in [5.74, 6) is 0. The first-order valence-corrected chi connectivity index (χ1v) is 5.93. The zero-order chi connectivity index (χ0) is 10.7. The van der Waals surface area contributed by atoms with Crippen molar-refractivity contribution in [3.05, 3.63) is 57.8 Å². The number of rotatable bonds is 3. The molecular formula is C13H15NS. The molecular weight excluding hydrogens is 202 g/mol. The van der Waals surface area contributed by atoms with Crippen LogP contribution in [0.15, 0.2) is 42.5 Å². The number of benzene rings is 1. The fourth-order valence-corrected chi connectivity index (χ4v) is 2.50. The molecule has 2 aromatic rings. The van der Waals surface area contributed by atoms with E-state index in [0.29, 0.717) is 0 Å². The lowest BCUT2D eigenvalue weighted by Gasteiger charge is -2.09. The van der Waals surface area contributed by atoms with E-state index in [-0.39, 0.29) is 6.04 Å². The van der Waals surface area contributed by atoms with Crippen molar-refractivity contribution >= 4 is 11.3 Å². The Hall–Kier alpha value is -1.12. The summed E-state index contributed by atoms with van der Waals surface area (Å²) >= 11 is 1.79. The summed E-state index contributed by atoms with van der Waals surface area (Å²) in [6, 6.07) is 14.8. The van der Waals surface area contributed by atoms with Crippen molar-refractivity contribution in [2.45, 2.75) is 19.4 Å². The van der Waals surface area contributed by atoms with Crippen molar-refractivity contribution in [3.8, 4) is 0 Å². The molecule has 0 fully saturated rings. The molecule has 1 atom stereocenters. The van der Waals surface area contributed by atoms with E-state index in [1.54, 1.807) is 11.3 Å². The predicted molar refractivity (Wildman–Crippen MR) is 66.1 cm³/mol. The number of nitrogens with two attached hydrogens (primary N) is 1. The lowest BCUT2D eigenvalue weighted by atomic mass is 10.1. The van der Waals surface area contributed by atoms with Gasteiger partial charge in [0.05, 0.1) is 0 Å². The second-order valence-electron chi connectivity index (χ2n) is 3.74. The van der Waals surface area contributed by atoms with E-state index in [1.165, 1.54) is 15.3 Å².